The van der Waals surface area contributed by atoms with Crippen LogP contribution in [0.25, 0.3) is 0 Å². The first kappa shape index (κ1) is 14.2. The smallest absolute Gasteiger partial charge is 0.129 e. The molecule has 2 unspecified atom stereocenters. The van der Waals surface area contributed by atoms with E-state index in [1.165, 1.54) is 12.1 Å². The monoisotopic (exact) mass is 324 g/mol. The summed E-state index contributed by atoms with van der Waals surface area (Å²) in [6.45, 7) is 2.05. The molecule has 2 aromatic carbocycles. The second kappa shape index (κ2) is 6.29. The van der Waals surface area contributed by atoms with E-state index in [9.17, 15) is 8.78 Å². The zero-order valence-electron chi connectivity index (χ0n) is 10.6. The van der Waals surface area contributed by atoms with Gasteiger partial charge in [-0.3, -0.25) is 0 Å². The lowest BCUT2D eigenvalue weighted by molar-refractivity contribution is 0.528. The highest BCUT2D eigenvalue weighted by Crippen LogP contribution is 2.33. The van der Waals surface area contributed by atoms with Crippen molar-refractivity contribution in [1.29, 1.82) is 0 Å². The molecule has 2 rings (SSSR count). The topological polar surface area (TPSA) is 0 Å². The zero-order valence-corrected chi connectivity index (χ0v) is 12.2. The molecule has 0 aliphatic rings. The van der Waals surface area contributed by atoms with E-state index in [1.807, 2.05) is 30.3 Å². The number of halogens is 3. The molecule has 0 spiro atoms. The van der Waals surface area contributed by atoms with Crippen LogP contribution in [0.4, 0.5) is 8.78 Å². The van der Waals surface area contributed by atoms with Crippen molar-refractivity contribution >= 4 is 15.9 Å². The van der Waals surface area contributed by atoms with Gasteiger partial charge >= 0.3 is 0 Å². The molecule has 0 nitrogen and oxygen atoms in total. The van der Waals surface area contributed by atoms with Crippen LogP contribution in [0.5, 0.6) is 0 Å². The average Bonchev–Trinajstić information content (AvgIpc) is 2.42. The van der Waals surface area contributed by atoms with Crippen LogP contribution in [0.1, 0.15) is 22.9 Å². The molecule has 0 N–H and O–H groups in total. The summed E-state index contributed by atoms with van der Waals surface area (Å²) < 4.78 is 26.5. The van der Waals surface area contributed by atoms with E-state index in [-0.39, 0.29) is 10.7 Å². The van der Waals surface area contributed by atoms with Crippen molar-refractivity contribution in [1.82, 2.24) is 0 Å². The minimum absolute atomic E-state index is 0.151. The Kier molecular flexibility index (Phi) is 4.70. The average molecular weight is 325 g/mol. The van der Waals surface area contributed by atoms with Crippen molar-refractivity contribution in [2.75, 3.05) is 0 Å². The molecule has 2 aromatic rings. The van der Waals surface area contributed by atoms with Crippen LogP contribution >= 0.6 is 15.9 Å². The third-order valence-electron chi connectivity index (χ3n) is 3.17. The van der Waals surface area contributed by atoms with Gasteiger partial charge < -0.3 is 0 Å². The van der Waals surface area contributed by atoms with Crippen molar-refractivity contribution in [2.24, 2.45) is 5.92 Å². The van der Waals surface area contributed by atoms with Crippen molar-refractivity contribution in [3.63, 3.8) is 0 Å². The number of hydrogen-bond acceptors (Lipinski definition) is 0. The fraction of sp³-hybridized carbons (Fsp3) is 0.250. The summed E-state index contributed by atoms with van der Waals surface area (Å²) in [5.74, 6) is -0.797. The Morgan fingerprint density at radius 1 is 1.05 bits per heavy atom. The maximum absolute atomic E-state index is 13.6. The number of benzene rings is 2. The summed E-state index contributed by atoms with van der Waals surface area (Å²) in [6, 6.07) is 13.8. The Hall–Kier alpha value is -1.22. The predicted molar refractivity (Wildman–Crippen MR) is 77.3 cm³/mol. The van der Waals surface area contributed by atoms with Gasteiger partial charge in [0.05, 0.1) is 0 Å². The molecule has 19 heavy (non-hydrogen) atoms. The van der Waals surface area contributed by atoms with E-state index < -0.39 is 11.6 Å². The summed E-state index contributed by atoms with van der Waals surface area (Å²) in [7, 11) is 0. The second-order valence-corrected chi connectivity index (χ2v) is 5.72. The predicted octanol–water partition coefficient (Wildman–Crippen LogP) is 5.28. The van der Waals surface area contributed by atoms with Gasteiger partial charge in [0.25, 0.3) is 0 Å². The van der Waals surface area contributed by atoms with Crippen LogP contribution in [0.2, 0.25) is 0 Å². The van der Waals surface area contributed by atoms with Gasteiger partial charge in [0.1, 0.15) is 11.6 Å². The molecule has 0 bridgehead atoms. The van der Waals surface area contributed by atoms with E-state index in [1.54, 1.807) is 0 Å². The van der Waals surface area contributed by atoms with Crippen LogP contribution in [0, 0.1) is 17.6 Å². The molecule has 0 aliphatic carbocycles. The van der Waals surface area contributed by atoms with Crippen molar-refractivity contribution in [3.8, 4) is 0 Å². The Morgan fingerprint density at radius 3 is 2.37 bits per heavy atom. The lowest BCUT2D eigenvalue weighted by atomic mass is 9.94. The highest BCUT2D eigenvalue weighted by atomic mass is 79.9. The molecule has 0 aromatic heterocycles. The molecular formula is C16H15BrF2. The fourth-order valence-electron chi connectivity index (χ4n) is 2.10. The van der Waals surface area contributed by atoms with Gasteiger partial charge in [-0.1, -0.05) is 59.3 Å². The van der Waals surface area contributed by atoms with Crippen molar-refractivity contribution < 1.29 is 8.78 Å². The highest BCUT2D eigenvalue weighted by molar-refractivity contribution is 9.09. The summed E-state index contributed by atoms with van der Waals surface area (Å²) in [6.07, 6.45) is 0.566. The summed E-state index contributed by atoms with van der Waals surface area (Å²) >= 11 is 3.65. The van der Waals surface area contributed by atoms with Crippen LogP contribution in [0.15, 0.2) is 48.5 Å². The van der Waals surface area contributed by atoms with Gasteiger partial charge in [0, 0.05) is 10.9 Å². The first-order chi connectivity index (χ1) is 9.08. The maximum atomic E-state index is 13.6. The van der Waals surface area contributed by atoms with Gasteiger partial charge in [-0.05, 0) is 29.5 Å². The van der Waals surface area contributed by atoms with E-state index in [2.05, 4.69) is 22.9 Å². The number of alkyl halides is 1. The normalized spacial score (nSPS) is 14.1. The van der Waals surface area contributed by atoms with Crippen molar-refractivity contribution in [2.45, 2.75) is 18.2 Å². The summed E-state index contributed by atoms with van der Waals surface area (Å²) in [5.41, 5.74) is 1.71. The Labute approximate surface area is 120 Å². The third-order valence-corrected chi connectivity index (χ3v) is 4.61. The quantitative estimate of drug-likeness (QED) is 0.671. The van der Waals surface area contributed by atoms with E-state index in [4.69, 9.17) is 0 Å². The molecular weight excluding hydrogens is 310 g/mol. The first-order valence-electron chi connectivity index (χ1n) is 6.21. The maximum Gasteiger partial charge on any atom is 0.129 e. The molecule has 0 amide bonds. The van der Waals surface area contributed by atoms with Crippen molar-refractivity contribution in [3.05, 3.63) is 71.3 Å². The van der Waals surface area contributed by atoms with E-state index in [0.29, 0.717) is 12.0 Å². The summed E-state index contributed by atoms with van der Waals surface area (Å²) in [5, 5.41) is 0. The molecule has 0 radical (unpaired) electrons. The lowest BCUT2D eigenvalue weighted by Gasteiger charge is -2.19. The largest absolute Gasteiger partial charge is 0.207 e. The number of hydrogen-bond donors (Lipinski definition) is 0. The molecule has 0 saturated carbocycles. The minimum Gasteiger partial charge on any atom is -0.207 e. The Morgan fingerprint density at radius 2 is 1.74 bits per heavy atom. The standard InChI is InChI=1S/C16H15BrF2/c1-11(16(17)12-5-3-2-4-6-12)9-13-7-8-14(18)10-15(13)19/h2-8,10-11,16H,9H2,1H3. The van der Waals surface area contributed by atoms with Crippen LogP contribution in [-0.4, -0.2) is 0 Å². The molecule has 0 fully saturated rings. The molecule has 3 heteroatoms. The van der Waals surface area contributed by atoms with Crippen LogP contribution in [0.3, 0.4) is 0 Å². The SMILES string of the molecule is CC(Cc1ccc(F)cc1F)C(Br)c1ccccc1. The van der Waals surface area contributed by atoms with Gasteiger partial charge in [0.15, 0.2) is 0 Å². The fourth-order valence-corrected chi connectivity index (χ4v) is 2.60. The van der Waals surface area contributed by atoms with E-state index >= 15 is 0 Å². The Balaban J connectivity index is 2.10. The van der Waals surface area contributed by atoms with E-state index in [0.717, 1.165) is 11.6 Å². The molecule has 2 atom stereocenters. The van der Waals surface area contributed by atoms with Crippen LogP contribution < -0.4 is 0 Å². The first-order valence-corrected chi connectivity index (χ1v) is 7.12. The minimum atomic E-state index is -0.535. The molecule has 0 heterocycles. The number of rotatable bonds is 4. The van der Waals surface area contributed by atoms with Gasteiger partial charge in [0.2, 0.25) is 0 Å². The highest BCUT2D eigenvalue weighted by Gasteiger charge is 2.18. The van der Waals surface area contributed by atoms with Gasteiger partial charge in [-0.15, -0.1) is 0 Å². The molecule has 0 aliphatic heterocycles. The van der Waals surface area contributed by atoms with Crippen LogP contribution in [-0.2, 0) is 6.42 Å². The molecule has 100 valence electrons. The Bertz CT molecular complexity index is 540. The zero-order chi connectivity index (χ0) is 13.8. The van der Waals surface area contributed by atoms with Gasteiger partial charge in [-0.2, -0.15) is 0 Å². The lowest BCUT2D eigenvalue weighted by Crippen LogP contribution is -2.08. The van der Waals surface area contributed by atoms with Gasteiger partial charge in [-0.25, -0.2) is 8.78 Å². The summed E-state index contributed by atoms with van der Waals surface area (Å²) in [4.78, 5) is 0.151. The second-order valence-electron chi connectivity index (χ2n) is 4.73. The third kappa shape index (κ3) is 3.63. The molecule has 0 saturated heterocycles.